The molecule has 0 aliphatic carbocycles. The van der Waals surface area contributed by atoms with Gasteiger partial charge in [-0.2, -0.15) is 0 Å². The van der Waals surface area contributed by atoms with Gasteiger partial charge in [-0.3, -0.25) is 4.79 Å². The molecule has 0 bridgehead atoms. The van der Waals surface area contributed by atoms with Crippen LogP contribution in [-0.2, 0) is 4.79 Å². The van der Waals surface area contributed by atoms with E-state index >= 15 is 0 Å². The maximum Gasteiger partial charge on any atom is 0.228 e. The third-order valence-electron chi connectivity index (χ3n) is 3.14. The van der Waals surface area contributed by atoms with Gasteiger partial charge in [0, 0.05) is 20.6 Å². The first kappa shape index (κ1) is 12.8. The quantitative estimate of drug-likeness (QED) is 0.840. The summed E-state index contributed by atoms with van der Waals surface area (Å²) in [6.45, 7) is 1.79. The molecule has 0 radical (unpaired) electrons. The Morgan fingerprint density at radius 1 is 1.50 bits per heavy atom. The Morgan fingerprint density at radius 2 is 2.33 bits per heavy atom. The highest BCUT2D eigenvalue weighted by molar-refractivity contribution is 5.92. The van der Waals surface area contributed by atoms with Gasteiger partial charge in [0.15, 0.2) is 0 Å². The minimum atomic E-state index is 0.0762. The number of hydrogen-bond donors (Lipinski definition) is 2. The summed E-state index contributed by atoms with van der Waals surface area (Å²) in [6, 6.07) is 3.78. The molecule has 2 N–H and O–H groups in total. The van der Waals surface area contributed by atoms with Crippen LogP contribution in [0.25, 0.3) is 0 Å². The third-order valence-corrected chi connectivity index (χ3v) is 3.14. The number of hydrogen-bond acceptors (Lipinski definition) is 4. The Labute approximate surface area is 108 Å². The summed E-state index contributed by atoms with van der Waals surface area (Å²) in [5, 5.41) is 6.16. The summed E-state index contributed by atoms with van der Waals surface area (Å²) in [4.78, 5) is 18.2. The van der Waals surface area contributed by atoms with Crippen molar-refractivity contribution in [3.05, 3.63) is 18.3 Å². The first-order valence-electron chi connectivity index (χ1n) is 6.32. The monoisotopic (exact) mass is 248 g/mol. The third kappa shape index (κ3) is 3.20. The van der Waals surface area contributed by atoms with Crippen molar-refractivity contribution in [1.29, 1.82) is 0 Å². The highest BCUT2D eigenvalue weighted by Gasteiger charge is 2.20. The fraction of sp³-hybridized carbons (Fsp3) is 0.538. The van der Waals surface area contributed by atoms with Crippen LogP contribution >= 0.6 is 0 Å². The average molecular weight is 248 g/mol. The van der Waals surface area contributed by atoms with E-state index in [1.807, 2.05) is 31.1 Å². The van der Waals surface area contributed by atoms with Gasteiger partial charge in [-0.05, 0) is 31.5 Å². The minimum absolute atomic E-state index is 0.0762. The maximum absolute atomic E-state index is 12.0. The van der Waals surface area contributed by atoms with Crippen molar-refractivity contribution >= 4 is 17.4 Å². The molecular weight excluding hydrogens is 228 g/mol. The molecule has 0 saturated carbocycles. The molecule has 1 atom stereocenters. The molecule has 1 fully saturated rings. The van der Waals surface area contributed by atoms with Gasteiger partial charge in [0.25, 0.3) is 0 Å². The number of nitrogens with zero attached hydrogens (tertiary/aromatic N) is 2. The van der Waals surface area contributed by atoms with Gasteiger partial charge in [-0.25, -0.2) is 4.98 Å². The Morgan fingerprint density at radius 3 is 2.89 bits per heavy atom. The molecule has 2 rings (SSSR count). The van der Waals surface area contributed by atoms with E-state index in [2.05, 4.69) is 15.6 Å². The summed E-state index contributed by atoms with van der Waals surface area (Å²) in [5.74, 6) is 1.04. The summed E-state index contributed by atoms with van der Waals surface area (Å²) in [5.41, 5.74) is 0.760. The predicted octanol–water partition coefficient (Wildman–Crippen LogP) is 1.09. The molecule has 0 aromatic carbocycles. The lowest BCUT2D eigenvalue weighted by Gasteiger charge is -2.21. The van der Waals surface area contributed by atoms with Crippen LogP contribution in [0.3, 0.4) is 0 Å². The fourth-order valence-corrected chi connectivity index (χ4v) is 2.04. The van der Waals surface area contributed by atoms with Crippen molar-refractivity contribution in [1.82, 2.24) is 10.3 Å². The molecule has 98 valence electrons. The van der Waals surface area contributed by atoms with Gasteiger partial charge in [0.05, 0.1) is 17.8 Å². The molecule has 5 heteroatoms. The van der Waals surface area contributed by atoms with E-state index in [0.29, 0.717) is 0 Å². The van der Waals surface area contributed by atoms with E-state index in [4.69, 9.17) is 0 Å². The number of nitrogens with one attached hydrogen (secondary N) is 2. The highest BCUT2D eigenvalue weighted by atomic mass is 16.1. The van der Waals surface area contributed by atoms with E-state index in [1.165, 1.54) is 0 Å². The molecule has 1 aliphatic rings. The van der Waals surface area contributed by atoms with Crippen LogP contribution in [0.5, 0.6) is 0 Å². The van der Waals surface area contributed by atoms with E-state index in [0.717, 1.165) is 37.4 Å². The number of pyridine rings is 1. The van der Waals surface area contributed by atoms with Crippen LogP contribution in [0.4, 0.5) is 11.5 Å². The van der Waals surface area contributed by atoms with Crippen LogP contribution < -0.4 is 15.5 Å². The lowest BCUT2D eigenvalue weighted by atomic mass is 9.99. The molecule has 0 spiro atoms. The van der Waals surface area contributed by atoms with Crippen molar-refractivity contribution in [2.24, 2.45) is 5.92 Å². The second-order valence-corrected chi connectivity index (χ2v) is 4.83. The van der Waals surface area contributed by atoms with E-state index < -0.39 is 0 Å². The molecular formula is C13H20N4O. The molecule has 5 nitrogen and oxygen atoms in total. The van der Waals surface area contributed by atoms with Gasteiger partial charge >= 0.3 is 0 Å². The van der Waals surface area contributed by atoms with Gasteiger partial charge in [0.2, 0.25) is 5.91 Å². The molecule has 1 amide bonds. The van der Waals surface area contributed by atoms with Crippen LogP contribution in [0, 0.1) is 5.92 Å². The van der Waals surface area contributed by atoms with Gasteiger partial charge < -0.3 is 15.5 Å². The number of carbonyl (C=O) groups is 1. The van der Waals surface area contributed by atoms with Gasteiger partial charge in [-0.1, -0.05) is 0 Å². The van der Waals surface area contributed by atoms with Gasteiger partial charge in [-0.15, -0.1) is 0 Å². The fourth-order valence-electron chi connectivity index (χ4n) is 2.04. The number of aromatic nitrogens is 1. The van der Waals surface area contributed by atoms with Crippen molar-refractivity contribution in [2.45, 2.75) is 12.8 Å². The standard InChI is InChI=1S/C13H20N4O/c1-17(2)12-6-5-11(9-15-12)16-13(18)10-4-3-7-14-8-10/h5-6,9-10,14H,3-4,7-8H2,1-2H3,(H,16,18)/t10-/m1/s1. The lowest BCUT2D eigenvalue weighted by molar-refractivity contribution is -0.120. The number of piperidine rings is 1. The number of anilines is 2. The van der Waals surface area contributed by atoms with Crippen molar-refractivity contribution in [3.8, 4) is 0 Å². The number of carbonyl (C=O) groups excluding carboxylic acids is 1. The second kappa shape index (κ2) is 5.82. The molecule has 18 heavy (non-hydrogen) atoms. The van der Waals surface area contributed by atoms with Crippen molar-refractivity contribution in [2.75, 3.05) is 37.4 Å². The Balaban J connectivity index is 1.94. The first-order valence-corrected chi connectivity index (χ1v) is 6.32. The topological polar surface area (TPSA) is 57.3 Å². The largest absolute Gasteiger partial charge is 0.363 e. The second-order valence-electron chi connectivity index (χ2n) is 4.83. The Hall–Kier alpha value is -1.62. The predicted molar refractivity (Wildman–Crippen MR) is 72.8 cm³/mol. The maximum atomic E-state index is 12.0. The normalized spacial score (nSPS) is 19.3. The highest BCUT2D eigenvalue weighted by Crippen LogP contribution is 2.15. The smallest absolute Gasteiger partial charge is 0.228 e. The van der Waals surface area contributed by atoms with E-state index in [9.17, 15) is 4.79 Å². The van der Waals surface area contributed by atoms with Crippen molar-refractivity contribution in [3.63, 3.8) is 0 Å². The zero-order valence-electron chi connectivity index (χ0n) is 10.9. The lowest BCUT2D eigenvalue weighted by Crippen LogP contribution is -2.37. The number of amides is 1. The minimum Gasteiger partial charge on any atom is -0.363 e. The summed E-state index contributed by atoms with van der Waals surface area (Å²) >= 11 is 0. The van der Waals surface area contributed by atoms with Crippen LogP contribution in [-0.4, -0.2) is 38.1 Å². The Kier molecular flexibility index (Phi) is 4.15. The zero-order chi connectivity index (χ0) is 13.0. The molecule has 1 aromatic rings. The van der Waals surface area contributed by atoms with E-state index in [-0.39, 0.29) is 11.8 Å². The summed E-state index contributed by atoms with van der Waals surface area (Å²) in [6.07, 6.45) is 3.72. The average Bonchev–Trinajstić information content (AvgIpc) is 2.40. The Bertz CT molecular complexity index is 396. The summed E-state index contributed by atoms with van der Waals surface area (Å²) < 4.78 is 0. The SMILES string of the molecule is CN(C)c1ccc(NC(=O)[C@@H]2CCCNC2)cn1. The van der Waals surface area contributed by atoms with Crippen LogP contribution in [0.1, 0.15) is 12.8 Å². The van der Waals surface area contributed by atoms with Crippen LogP contribution in [0.15, 0.2) is 18.3 Å². The molecule has 1 aliphatic heterocycles. The first-order chi connectivity index (χ1) is 8.66. The zero-order valence-corrected chi connectivity index (χ0v) is 10.9. The summed E-state index contributed by atoms with van der Waals surface area (Å²) in [7, 11) is 3.88. The van der Waals surface area contributed by atoms with E-state index in [1.54, 1.807) is 6.20 Å². The molecule has 1 aromatic heterocycles. The molecule has 0 unspecified atom stereocenters. The molecule has 1 saturated heterocycles. The number of rotatable bonds is 3. The molecule has 2 heterocycles. The van der Waals surface area contributed by atoms with Crippen molar-refractivity contribution < 1.29 is 4.79 Å². The van der Waals surface area contributed by atoms with Gasteiger partial charge in [0.1, 0.15) is 5.82 Å². The van der Waals surface area contributed by atoms with Crippen LogP contribution in [0.2, 0.25) is 0 Å².